The van der Waals surface area contributed by atoms with Gasteiger partial charge in [-0.3, -0.25) is 4.79 Å². The summed E-state index contributed by atoms with van der Waals surface area (Å²) in [5, 5.41) is 3.74. The summed E-state index contributed by atoms with van der Waals surface area (Å²) in [5.74, 6) is -0.0412. The molecule has 1 aromatic carbocycles. The maximum Gasteiger partial charge on any atom is 0.319 e. The number of amides is 3. The number of aryl methyl sites for hydroxylation is 1. The Morgan fingerprint density at radius 1 is 1.29 bits per heavy atom. The Balaban J connectivity index is 1.71. The number of rotatable bonds is 5. The minimum Gasteiger partial charge on any atom is -0.356 e. The maximum absolute atomic E-state index is 12.3. The van der Waals surface area contributed by atoms with Gasteiger partial charge in [-0.2, -0.15) is 0 Å². The second-order valence-corrected chi connectivity index (χ2v) is 6.92. The van der Waals surface area contributed by atoms with Crippen molar-refractivity contribution < 1.29 is 9.59 Å². The van der Waals surface area contributed by atoms with Gasteiger partial charge in [0.2, 0.25) is 5.91 Å². The third kappa shape index (κ3) is 5.41. The van der Waals surface area contributed by atoms with E-state index in [-0.39, 0.29) is 17.9 Å². The molecule has 5 nitrogen and oxygen atoms in total. The van der Waals surface area contributed by atoms with Gasteiger partial charge < -0.3 is 15.1 Å². The van der Waals surface area contributed by atoms with Gasteiger partial charge in [0, 0.05) is 38.8 Å². The summed E-state index contributed by atoms with van der Waals surface area (Å²) in [4.78, 5) is 27.7. The average molecular weight is 352 g/mol. The first-order chi connectivity index (χ1) is 11.5. The van der Waals surface area contributed by atoms with E-state index in [0.29, 0.717) is 13.1 Å². The van der Waals surface area contributed by atoms with Gasteiger partial charge in [-0.1, -0.05) is 23.7 Å². The Labute approximate surface area is 149 Å². The summed E-state index contributed by atoms with van der Waals surface area (Å²) in [6.07, 6.45) is 3.52. The third-order valence-electron chi connectivity index (χ3n) is 4.30. The smallest absolute Gasteiger partial charge is 0.319 e. The van der Waals surface area contributed by atoms with Crippen LogP contribution in [0.1, 0.15) is 24.8 Å². The largest absolute Gasteiger partial charge is 0.356 e. The van der Waals surface area contributed by atoms with Crippen LogP contribution in [0.3, 0.4) is 0 Å². The Morgan fingerprint density at radius 3 is 2.67 bits per heavy atom. The number of hydrogen-bond acceptors (Lipinski definition) is 2. The summed E-state index contributed by atoms with van der Waals surface area (Å²) < 4.78 is 0. The van der Waals surface area contributed by atoms with Crippen LogP contribution in [0.15, 0.2) is 24.3 Å². The quantitative estimate of drug-likeness (QED) is 0.829. The lowest BCUT2D eigenvalue weighted by Crippen LogP contribution is -2.48. The monoisotopic (exact) mass is 351 g/mol. The maximum atomic E-state index is 12.3. The lowest BCUT2D eigenvalue weighted by molar-refractivity contribution is -0.126. The summed E-state index contributed by atoms with van der Waals surface area (Å²) in [6, 6.07) is 7.77. The highest BCUT2D eigenvalue weighted by Gasteiger charge is 2.28. The Hall–Kier alpha value is -1.75. The van der Waals surface area contributed by atoms with E-state index in [4.69, 9.17) is 11.6 Å². The zero-order valence-electron chi connectivity index (χ0n) is 14.4. The Morgan fingerprint density at radius 2 is 2.00 bits per heavy atom. The molecule has 0 aromatic heterocycles. The summed E-state index contributed by atoms with van der Waals surface area (Å²) in [6.45, 7) is 1.90. The fraction of sp³-hybridized carbons (Fsp3) is 0.556. The lowest BCUT2D eigenvalue weighted by atomic mass is 9.97. The van der Waals surface area contributed by atoms with Gasteiger partial charge in [0.1, 0.15) is 0 Å². The van der Waals surface area contributed by atoms with Crippen LogP contribution < -0.4 is 5.32 Å². The number of urea groups is 1. The molecule has 24 heavy (non-hydrogen) atoms. The molecule has 0 spiro atoms. The van der Waals surface area contributed by atoms with Crippen molar-refractivity contribution in [2.75, 3.05) is 33.7 Å². The predicted octanol–water partition coefficient (Wildman–Crippen LogP) is 2.78. The molecule has 3 amide bonds. The van der Waals surface area contributed by atoms with E-state index in [0.717, 1.165) is 37.3 Å². The first-order valence-corrected chi connectivity index (χ1v) is 8.83. The molecule has 2 rings (SSSR count). The number of piperidine rings is 1. The zero-order valence-corrected chi connectivity index (χ0v) is 15.2. The van der Waals surface area contributed by atoms with Gasteiger partial charge in [0.25, 0.3) is 0 Å². The fourth-order valence-electron chi connectivity index (χ4n) is 2.95. The van der Waals surface area contributed by atoms with E-state index in [2.05, 4.69) is 5.32 Å². The van der Waals surface area contributed by atoms with Crippen LogP contribution in [0, 0.1) is 5.92 Å². The average Bonchev–Trinajstić information content (AvgIpc) is 2.59. The normalized spacial score (nSPS) is 17.5. The molecule has 1 fully saturated rings. The van der Waals surface area contributed by atoms with Gasteiger partial charge in [0.05, 0.1) is 5.92 Å². The minimum atomic E-state index is -0.0989. The molecule has 0 radical (unpaired) electrons. The van der Waals surface area contributed by atoms with E-state index in [1.807, 2.05) is 24.3 Å². The highest BCUT2D eigenvalue weighted by atomic mass is 35.5. The molecule has 6 heteroatoms. The highest BCUT2D eigenvalue weighted by Crippen LogP contribution is 2.17. The van der Waals surface area contributed by atoms with Gasteiger partial charge in [-0.25, -0.2) is 4.79 Å². The zero-order chi connectivity index (χ0) is 17.5. The van der Waals surface area contributed by atoms with Gasteiger partial charge in [-0.15, -0.1) is 0 Å². The Kier molecular flexibility index (Phi) is 6.91. The lowest BCUT2D eigenvalue weighted by Gasteiger charge is -2.33. The fourth-order valence-corrected chi connectivity index (χ4v) is 3.07. The first kappa shape index (κ1) is 18.6. The summed E-state index contributed by atoms with van der Waals surface area (Å²) in [7, 11) is 3.48. The van der Waals surface area contributed by atoms with Crippen molar-refractivity contribution in [1.82, 2.24) is 15.1 Å². The van der Waals surface area contributed by atoms with E-state index < -0.39 is 0 Å². The number of carbonyl (C=O) groups is 2. The minimum absolute atomic E-state index is 0.0183. The second kappa shape index (κ2) is 8.92. The summed E-state index contributed by atoms with van der Waals surface area (Å²) in [5.41, 5.74) is 1.22. The molecule has 1 aromatic rings. The van der Waals surface area contributed by atoms with Crippen LogP contribution >= 0.6 is 11.6 Å². The highest BCUT2D eigenvalue weighted by molar-refractivity contribution is 6.30. The van der Waals surface area contributed by atoms with Crippen molar-refractivity contribution in [1.29, 1.82) is 0 Å². The van der Waals surface area contributed by atoms with Crippen LogP contribution in [0.2, 0.25) is 5.02 Å². The van der Waals surface area contributed by atoms with Crippen LogP contribution in [0.25, 0.3) is 0 Å². The molecule has 1 heterocycles. The van der Waals surface area contributed by atoms with Crippen molar-refractivity contribution in [3.05, 3.63) is 34.9 Å². The van der Waals surface area contributed by atoms with Crippen molar-refractivity contribution >= 4 is 23.5 Å². The molecule has 1 atom stereocenters. The van der Waals surface area contributed by atoms with Crippen LogP contribution in [-0.2, 0) is 11.2 Å². The van der Waals surface area contributed by atoms with Crippen LogP contribution in [-0.4, -0.2) is 55.5 Å². The molecule has 1 unspecified atom stereocenters. The van der Waals surface area contributed by atoms with Crippen molar-refractivity contribution in [3.8, 4) is 0 Å². The molecular formula is C18H26ClN3O2. The van der Waals surface area contributed by atoms with Crippen LogP contribution in [0.5, 0.6) is 0 Å². The number of nitrogens with zero attached hydrogens (tertiary/aromatic N) is 2. The standard InChI is InChI=1S/C18H26ClN3O2/c1-21(2)18(24)22-12-4-6-15(13-22)17(23)20-11-3-5-14-7-9-16(19)10-8-14/h7-10,15H,3-6,11-13H2,1-2H3,(H,20,23). The van der Waals surface area contributed by atoms with Gasteiger partial charge in [0.15, 0.2) is 0 Å². The molecule has 1 aliphatic heterocycles. The molecule has 1 N–H and O–H groups in total. The molecule has 1 aliphatic rings. The van der Waals surface area contributed by atoms with Gasteiger partial charge >= 0.3 is 6.03 Å². The number of halogens is 1. The SMILES string of the molecule is CN(C)C(=O)N1CCCC(C(=O)NCCCc2ccc(Cl)cc2)C1. The van der Waals surface area contributed by atoms with Crippen molar-refractivity contribution in [2.45, 2.75) is 25.7 Å². The number of benzene rings is 1. The van der Waals surface area contributed by atoms with Gasteiger partial charge in [-0.05, 0) is 43.4 Å². The predicted molar refractivity (Wildman–Crippen MR) is 96.2 cm³/mol. The van der Waals surface area contributed by atoms with Crippen molar-refractivity contribution in [2.24, 2.45) is 5.92 Å². The topological polar surface area (TPSA) is 52.7 Å². The Bertz CT molecular complexity index is 560. The number of hydrogen-bond donors (Lipinski definition) is 1. The number of likely N-dealkylation sites (tertiary alicyclic amines) is 1. The second-order valence-electron chi connectivity index (χ2n) is 6.48. The van der Waals surface area contributed by atoms with Crippen LogP contribution in [0.4, 0.5) is 4.79 Å². The number of carbonyl (C=O) groups excluding carboxylic acids is 2. The molecule has 132 valence electrons. The molecule has 0 bridgehead atoms. The van der Waals surface area contributed by atoms with Crippen molar-refractivity contribution in [3.63, 3.8) is 0 Å². The van der Waals surface area contributed by atoms with E-state index in [1.54, 1.807) is 23.9 Å². The number of nitrogens with one attached hydrogen (secondary N) is 1. The van der Waals surface area contributed by atoms with E-state index in [1.165, 1.54) is 5.56 Å². The molecule has 0 aliphatic carbocycles. The van der Waals surface area contributed by atoms with E-state index in [9.17, 15) is 9.59 Å². The molecule has 1 saturated heterocycles. The third-order valence-corrected chi connectivity index (χ3v) is 4.55. The molecule has 0 saturated carbocycles. The first-order valence-electron chi connectivity index (χ1n) is 8.45. The summed E-state index contributed by atoms with van der Waals surface area (Å²) >= 11 is 5.87. The molecular weight excluding hydrogens is 326 g/mol. The van der Waals surface area contributed by atoms with E-state index >= 15 is 0 Å².